The highest BCUT2D eigenvalue weighted by Gasteiger charge is 2.32. The zero-order valence-corrected chi connectivity index (χ0v) is 18.3. The topological polar surface area (TPSA) is 70.2 Å². The van der Waals surface area contributed by atoms with Crippen molar-refractivity contribution in [3.05, 3.63) is 59.4 Å². The SMILES string of the molecule is CC1(C)Cc2cccc(CN3CCC(CNC(=O)c4cc5cccnc5[nH]4)CC3)c2O1. The summed E-state index contributed by atoms with van der Waals surface area (Å²) in [6.45, 7) is 8.05. The number of ether oxygens (including phenoxy) is 1. The fourth-order valence-corrected chi connectivity index (χ4v) is 4.81. The highest BCUT2D eigenvalue weighted by atomic mass is 16.5. The zero-order valence-electron chi connectivity index (χ0n) is 18.3. The largest absolute Gasteiger partial charge is 0.487 e. The molecule has 2 N–H and O–H groups in total. The summed E-state index contributed by atoms with van der Waals surface area (Å²) in [5, 5.41) is 4.06. The van der Waals surface area contributed by atoms with Gasteiger partial charge in [0.15, 0.2) is 0 Å². The molecule has 0 bridgehead atoms. The summed E-state index contributed by atoms with van der Waals surface area (Å²) in [4.78, 5) is 22.4. The number of fused-ring (bicyclic) bond motifs is 2. The van der Waals surface area contributed by atoms with E-state index in [2.05, 4.69) is 52.2 Å². The molecular weight excluding hydrogens is 388 g/mol. The Bertz CT molecular complexity index is 1060. The van der Waals surface area contributed by atoms with E-state index in [1.165, 1.54) is 11.1 Å². The van der Waals surface area contributed by atoms with Crippen LogP contribution in [0.3, 0.4) is 0 Å². The second-order valence-corrected chi connectivity index (χ2v) is 9.50. The van der Waals surface area contributed by atoms with E-state index in [4.69, 9.17) is 4.74 Å². The van der Waals surface area contributed by atoms with E-state index in [0.29, 0.717) is 18.2 Å². The third-order valence-corrected chi connectivity index (χ3v) is 6.46. The van der Waals surface area contributed by atoms with Gasteiger partial charge in [0.25, 0.3) is 5.91 Å². The van der Waals surface area contributed by atoms with Gasteiger partial charge < -0.3 is 15.0 Å². The Hall–Kier alpha value is -2.86. The van der Waals surface area contributed by atoms with Crippen LogP contribution in [-0.4, -0.2) is 46.0 Å². The minimum Gasteiger partial charge on any atom is -0.487 e. The maximum Gasteiger partial charge on any atom is 0.267 e. The van der Waals surface area contributed by atoms with Crippen molar-refractivity contribution in [1.29, 1.82) is 0 Å². The molecule has 0 aliphatic carbocycles. The number of nitrogens with one attached hydrogen (secondary N) is 2. The van der Waals surface area contributed by atoms with Gasteiger partial charge in [0.1, 0.15) is 22.7 Å². The van der Waals surface area contributed by atoms with Crippen LogP contribution in [0.25, 0.3) is 11.0 Å². The van der Waals surface area contributed by atoms with Gasteiger partial charge in [-0.1, -0.05) is 18.2 Å². The number of H-pyrrole nitrogens is 1. The van der Waals surface area contributed by atoms with Crippen molar-refractivity contribution >= 4 is 16.9 Å². The normalized spacial score (nSPS) is 18.6. The van der Waals surface area contributed by atoms with Crippen LogP contribution in [0.1, 0.15) is 48.3 Å². The molecule has 0 radical (unpaired) electrons. The molecule has 0 saturated carbocycles. The van der Waals surface area contributed by atoms with Gasteiger partial charge in [-0.15, -0.1) is 0 Å². The molecule has 4 heterocycles. The molecule has 5 rings (SSSR count). The van der Waals surface area contributed by atoms with Gasteiger partial charge in [-0.05, 0) is 69.5 Å². The Morgan fingerprint density at radius 3 is 2.90 bits per heavy atom. The summed E-state index contributed by atoms with van der Waals surface area (Å²) >= 11 is 0. The van der Waals surface area contributed by atoms with Crippen molar-refractivity contribution in [3.63, 3.8) is 0 Å². The second-order valence-electron chi connectivity index (χ2n) is 9.50. The smallest absolute Gasteiger partial charge is 0.267 e. The Labute approximate surface area is 183 Å². The van der Waals surface area contributed by atoms with Crippen LogP contribution in [0.15, 0.2) is 42.6 Å². The molecular formula is C25H30N4O2. The first kappa shape index (κ1) is 20.1. The van der Waals surface area contributed by atoms with Gasteiger partial charge in [-0.2, -0.15) is 0 Å². The van der Waals surface area contributed by atoms with Gasteiger partial charge in [0.05, 0.1) is 0 Å². The number of carbonyl (C=O) groups excluding carboxylic acids is 1. The molecule has 3 aromatic rings. The summed E-state index contributed by atoms with van der Waals surface area (Å²) in [7, 11) is 0. The fourth-order valence-electron chi connectivity index (χ4n) is 4.81. The predicted molar refractivity (Wildman–Crippen MR) is 121 cm³/mol. The lowest BCUT2D eigenvalue weighted by Gasteiger charge is -2.32. The number of carbonyl (C=O) groups is 1. The molecule has 6 nitrogen and oxygen atoms in total. The first-order chi connectivity index (χ1) is 15.0. The number of para-hydroxylation sites is 1. The van der Waals surface area contributed by atoms with E-state index in [1.807, 2.05) is 18.2 Å². The van der Waals surface area contributed by atoms with Gasteiger partial charge in [-0.3, -0.25) is 9.69 Å². The van der Waals surface area contributed by atoms with Crippen molar-refractivity contribution in [2.75, 3.05) is 19.6 Å². The zero-order chi connectivity index (χ0) is 21.4. The number of hydrogen-bond donors (Lipinski definition) is 2. The van der Waals surface area contributed by atoms with Crippen molar-refractivity contribution in [1.82, 2.24) is 20.2 Å². The van der Waals surface area contributed by atoms with Gasteiger partial charge in [0, 0.05) is 36.7 Å². The molecule has 2 aliphatic heterocycles. The molecule has 1 aromatic carbocycles. The third-order valence-electron chi connectivity index (χ3n) is 6.46. The van der Waals surface area contributed by atoms with E-state index in [9.17, 15) is 4.79 Å². The van der Waals surface area contributed by atoms with Gasteiger partial charge in [0.2, 0.25) is 0 Å². The number of likely N-dealkylation sites (tertiary alicyclic amines) is 1. The van der Waals surface area contributed by atoms with Crippen molar-refractivity contribution in [2.45, 2.75) is 45.3 Å². The average Bonchev–Trinajstić information content (AvgIpc) is 3.33. The van der Waals surface area contributed by atoms with Crippen molar-refractivity contribution < 1.29 is 9.53 Å². The highest BCUT2D eigenvalue weighted by Crippen LogP contribution is 2.38. The molecule has 2 aliphatic rings. The number of aromatic amines is 1. The minimum atomic E-state index is -0.106. The number of benzene rings is 1. The Kier molecular flexibility index (Phi) is 5.18. The van der Waals surface area contributed by atoms with Crippen LogP contribution in [0.5, 0.6) is 5.75 Å². The Morgan fingerprint density at radius 1 is 1.26 bits per heavy atom. The van der Waals surface area contributed by atoms with Crippen LogP contribution in [0.4, 0.5) is 0 Å². The average molecular weight is 419 g/mol. The standard InChI is InChI=1S/C25H30N4O2/c1-25(2)14-19-5-3-6-20(22(19)31-25)16-29-11-8-17(9-12-29)15-27-24(30)21-13-18-7-4-10-26-23(18)28-21/h3-7,10,13,17H,8-9,11-12,14-16H2,1-2H3,(H,26,28)(H,27,30). The monoisotopic (exact) mass is 418 g/mol. The van der Waals surface area contributed by atoms with Gasteiger partial charge in [-0.25, -0.2) is 4.98 Å². The van der Waals surface area contributed by atoms with Crippen LogP contribution < -0.4 is 10.1 Å². The Morgan fingerprint density at radius 2 is 2.10 bits per heavy atom. The third kappa shape index (κ3) is 4.30. The molecule has 162 valence electrons. The van der Waals surface area contributed by atoms with Crippen LogP contribution in [0, 0.1) is 5.92 Å². The second kappa shape index (κ2) is 8.00. The Balaban J connectivity index is 1.12. The molecule has 2 aromatic heterocycles. The minimum absolute atomic E-state index is 0.0555. The maximum atomic E-state index is 12.5. The predicted octanol–water partition coefficient (Wildman–Crippen LogP) is 3.92. The number of pyridine rings is 1. The number of amides is 1. The lowest BCUT2D eigenvalue weighted by molar-refractivity contribution is 0.0930. The summed E-state index contributed by atoms with van der Waals surface area (Å²) in [6, 6.07) is 12.2. The van der Waals surface area contributed by atoms with E-state index < -0.39 is 0 Å². The molecule has 31 heavy (non-hydrogen) atoms. The van der Waals surface area contributed by atoms with Crippen LogP contribution >= 0.6 is 0 Å². The quantitative estimate of drug-likeness (QED) is 0.659. The molecule has 1 fully saturated rings. The molecule has 1 amide bonds. The fraction of sp³-hybridized carbons (Fsp3) is 0.440. The van der Waals surface area contributed by atoms with Crippen molar-refractivity contribution in [2.24, 2.45) is 5.92 Å². The summed E-state index contributed by atoms with van der Waals surface area (Å²) in [5.74, 6) is 1.55. The van der Waals surface area contributed by atoms with E-state index in [1.54, 1.807) is 6.20 Å². The molecule has 0 spiro atoms. The van der Waals surface area contributed by atoms with E-state index >= 15 is 0 Å². The number of hydrogen-bond acceptors (Lipinski definition) is 4. The molecule has 6 heteroatoms. The summed E-state index contributed by atoms with van der Waals surface area (Å²) in [5.41, 5.74) is 3.84. The molecule has 0 unspecified atom stereocenters. The van der Waals surface area contributed by atoms with E-state index in [-0.39, 0.29) is 11.5 Å². The van der Waals surface area contributed by atoms with Crippen molar-refractivity contribution in [3.8, 4) is 5.75 Å². The first-order valence-electron chi connectivity index (χ1n) is 11.2. The number of aromatic nitrogens is 2. The van der Waals surface area contributed by atoms with Crippen LogP contribution in [0.2, 0.25) is 0 Å². The summed E-state index contributed by atoms with van der Waals surface area (Å²) in [6.07, 6.45) is 4.89. The lowest BCUT2D eigenvalue weighted by atomic mass is 9.96. The number of piperidine rings is 1. The maximum absolute atomic E-state index is 12.5. The number of rotatable bonds is 5. The lowest BCUT2D eigenvalue weighted by Crippen LogP contribution is -2.38. The van der Waals surface area contributed by atoms with E-state index in [0.717, 1.165) is 55.7 Å². The van der Waals surface area contributed by atoms with Gasteiger partial charge >= 0.3 is 0 Å². The number of nitrogens with zero attached hydrogens (tertiary/aromatic N) is 2. The highest BCUT2D eigenvalue weighted by molar-refractivity contribution is 5.97. The molecule has 1 saturated heterocycles. The first-order valence-corrected chi connectivity index (χ1v) is 11.2. The molecule has 0 atom stereocenters. The van der Waals surface area contributed by atoms with Crippen LogP contribution in [-0.2, 0) is 13.0 Å². The summed E-state index contributed by atoms with van der Waals surface area (Å²) < 4.78 is 6.24.